The Balaban J connectivity index is 0.000000127. The summed E-state index contributed by atoms with van der Waals surface area (Å²) in [4.78, 5) is 203. The molecule has 4 saturated heterocycles. The first kappa shape index (κ1) is 100. The standard InChI is InChI=1S/C31H42O8.C29H40O8.C24H34O8.C21H30O8/c1-5-30(3,4)29(35)36-13-20(32)37-25-18-11-17-23(27(33)38-26(17)25)24(18)28(34)39-31(6-2)12-16-10-19(31)22-15-8-7-14(9-15)21(16)22;1-5-28(3,4)27(33)34-13-20(30)35-23-19-12-18-21(25(31)36-24(18)23)22(19)26(32)37-29(6-2)16-8-14-7-15(10-16)11-17(29)9-14;1-5-23(3,4)22(28)29-12-15(25)30-18-14-11-13-16(20(26)31-19(13)18)17(14)21(27)32-24(6-2)9-7-8-10-24;1-7-21(5,6)19(25)26-9-12(22)27-15-11-8-10-13(17(23)28-16(10)15)14(11)18(24)29-20(2,3)4/h14-19,21-26H,5-13H2,1-4H3;14-19,21-24H,5-13H2,1-4H3;13-14,16-19H,5-12H2,1-4H3;10-11,13-16H,7-9H2,1-6H3. The summed E-state index contributed by atoms with van der Waals surface area (Å²) >= 11 is 0. The van der Waals surface area contributed by atoms with E-state index in [1.165, 1.54) is 32.1 Å². The Hall–Kier alpha value is -8.48. The van der Waals surface area contributed by atoms with E-state index in [2.05, 4.69) is 13.8 Å². The zero-order chi connectivity index (χ0) is 98.7. The molecular formula is C105H146O32. The highest BCUT2D eigenvalue weighted by Gasteiger charge is 2.77. The second-order valence-electron chi connectivity index (χ2n) is 48.0. The van der Waals surface area contributed by atoms with Crippen LogP contribution in [0.4, 0.5) is 0 Å². The first-order valence-corrected chi connectivity index (χ1v) is 51.8. The lowest BCUT2D eigenvalue weighted by Gasteiger charge is -2.60. The van der Waals surface area contributed by atoms with Crippen LogP contribution < -0.4 is 0 Å². The maximum atomic E-state index is 14.0. The van der Waals surface area contributed by atoms with Gasteiger partial charge in [0.15, 0.2) is 26.4 Å². The molecule has 758 valence electrons. The first-order chi connectivity index (χ1) is 64.6. The van der Waals surface area contributed by atoms with E-state index in [0.717, 1.165) is 107 Å². The van der Waals surface area contributed by atoms with Crippen LogP contribution in [0.3, 0.4) is 0 Å². The molecule has 4 heterocycles. The summed E-state index contributed by atoms with van der Waals surface area (Å²) in [5, 5.41) is 0. The van der Waals surface area contributed by atoms with E-state index in [4.69, 9.17) is 75.8 Å². The number of fused-ring (bicyclic) bond motifs is 13. The molecular weight excluding hydrogens is 1770 g/mol. The Labute approximate surface area is 802 Å². The largest absolute Gasteiger partial charge is 0.460 e. The first-order valence-electron chi connectivity index (χ1n) is 51.8. The van der Waals surface area contributed by atoms with Crippen molar-refractivity contribution in [2.45, 2.75) is 356 Å². The zero-order valence-electron chi connectivity index (χ0n) is 83.2. The number of rotatable bonds is 30. The van der Waals surface area contributed by atoms with Gasteiger partial charge >= 0.3 is 95.5 Å². The molecule has 16 bridgehead atoms. The van der Waals surface area contributed by atoms with Gasteiger partial charge in [0, 0.05) is 53.3 Å². The minimum Gasteiger partial charge on any atom is -0.460 e. The molecule has 17 saturated carbocycles. The molecule has 0 aromatic heterocycles. The minimum absolute atomic E-state index is 0.146. The molecule has 31 unspecified atom stereocenters. The van der Waals surface area contributed by atoms with Crippen molar-refractivity contribution < 1.29 is 153 Å². The summed E-state index contributed by atoms with van der Waals surface area (Å²) in [6, 6.07) is 0. The highest BCUT2D eigenvalue weighted by Crippen LogP contribution is 2.72. The lowest BCUT2D eigenvalue weighted by molar-refractivity contribution is -0.218. The van der Waals surface area contributed by atoms with Crippen molar-refractivity contribution in [1.29, 1.82) is 0 Å². The normalized spacial score (nSPS) is 40.6. The van der Waals surface area contributed by atoms with Gasteiger partial charge in [-0.3, -0.25) is 57.5 Å². The predicted octanol–water partition coefficient (Wildman–Crippen LogP) is 12.9. The molecule has 0 radical (unpaired) electrons. The van der Waals surface area contributed by atoms with Crippen LogP contribution in [0.2, 0.25) is 0 Å². The van der Waals surface area contributed by atoms with E-state index >= 15 is 0 Å². The predicted molar refractivity (Wildman–Crippen MR) is 476 cm³/mol. The van der Waals surface area contributed by atoms with Crippen molar-refractivity contribution in [1.82, 2.24) is 0 Å². The van der Waals surface area contributed by atoms with Crippen LogP contribution in [0.15, 0.2) is 0 Å². The Morgan fingerprint density at radius 1 is 0.343 bits per heavy atom. The van der Waals surface area contributed by atoms with E-state index in [-0.39, 0.29) is 77.2 Å². The van der Waals surface area contributed by atoms with Crippen LogP contribution in [0.5, 0.6) is 0 Å². The second-order valence-corrected chi connectivity index (χ2v) is 48.0. The molecule has 21 fully saturated rings. The number of ether oxygens (including phenoxy) is 16. The van der Waals surface area contributed by atoms with Gasteiger partial charge in [0.25, 0.3) is 0 Å². The number of carbonyl (C=O) groups is 16. The molecule has 0 N–H and O–H groups in total. The van der Waals surface area contributed by atoms with Crippen molar-refractivity contribution in [3.63, 3.8) is 0 Å². The highest BCUT2D eigenvalue weighted by atomic mass is 16.7. The molecule has 4 aliphatic heterocycles. The molecule has 0 spiro atoms. The maximum absolute atomic E-state index is 14.0. The van der Waals surface area contributed by atoms with Gasteiger partial charge in [-0.15, -0.1) is 0 Å². The van der Waals surface area contributed by atoms with E-state index in [1.54, 1.807) is 76.2 Å². The van der Waals surface area contributed by atoms with Crippen molar-refractivity contribution in [2.24, 2.45) is 176 Å². The monoisotopic (exact) mass is 1920 g/mol. The number of carbonyl (C=O) groups excluding carboxylic acids is 16. The van der Waals surface area contributed by atoms with Gasteiger partial charge < -0.3 is 75.8 Å². The van der Waals surface area contributed by atoms with Crippen LogP contribution in [0.1, 0.15) is 285 Å². The molecule has 0 amide bonds. The van der Waals surface area contributed by atoms with E-state index in [1.807, 2.05) is 34.6 Å². The summed E-state index contributed by atoms with van der Waals surface area (Å²) in [6.07, 6.45) is 17.7. The van der Waals surface area contributed by atoms with Crippen LogP contribution >= 0.6 is 0 Å². The fourth-order valence-electron chi connectivity index (χ4n) is 30.3. The number of hydrogen-bond donors (Lipinski definition) is 0. The summed E-state index contributed by atoms with van der Waals surface area (Å²) < 4.78 is 90.1. The van der Waals surface area contributed by atoms with Crippen molar-refractivity contribution in [2.75, 3.05) is 26.4 Å². The Morgan fingerprint density at radius 3 is 0.978 bits per heavy atom. The van der Waals surface area contributed by atoms with Gasteiger partial charge in [0.1, 0.15) is 71.2 Å². The van der Waals surface area contributed by atoms with Gasteiger partial charge in [-0.2, -0.15) is 0 Å². The quantitative estimate of drug-likeness (QED) is 0.0366. The zero-order valence-corrected chi connectivity index (χ0v) is 83.2. The molecule has 32 nitrogen and oxygen atoms in total. The van der Waals surface area contributed by atoms with Crippen LogP contribution in [-0.2, 0) is 153 Å². The van der Waals surface area contributed by atoms with Crippen LogP contribution in [-0.4, -0.2) is 193 Å². The summed E-state index contributed by atoms with van der Waals surface area (Å²) in [5.74, 6) is -7.86. The maximum Gasteiger partial charge on any atom is 0.344 e. The van der Waals surface area contributed by atoms with Gasteiger partial charge in [-0.25, -0.2) is 19.2 Å². The Bertz CT molecular complexity index is 4740. The SMILES string of the molecule is CCC(C)(C)C(=O)OCC(=O)OC1C2CC3C1OC(=O)C3C2C(=O)OC(C)(C)C.CCC(C)(C)C(=O)OCC(=O)OC1C2CC3C1OC(=O)C3C2C(=O)OC1(CC)C2CC3CC(C2)CC1C3.CCC(C)(C)C(=O)OCC(=O)OC1C2CC3C1OC(=O)C3C2C(=O)OC1(CC)CC2CC1C1C3CCC(C3)C21.CCC1(OC(=O)C2C3CC4C(OC(=O)C42)C3OC(=O)COC(=O)C(C)(C)CC)CCCC1. The summed E-state index contributed by atoms with van der Waals surface area (Å²) in [6.45, 7) is 31.1. The van der Waals surface area contributed by atoms with Gasteiger partial charge in [0.05, 0.1) is 69.0 Å². The molecule has 21 aliphatic rings. The lowest BCUT2D eigenvalue weighted by atomic mass is 9.49. The van der Waals surface area contributed by atoms with Crippen LogP contribution in [0.25, 0.3) is 0 Å². The molecule has 32 heteroatoms. The summed E-state index contributed by atoms with van der Waals surface area (Å²) in [5.41, 5.74) is -4.79. The molecule has 31 atom stereocenters. The molecule has 21 rings (SSSR count). The average molecular weight is 1920 g/mol. The highest BCUT2D eigenvalue weighted by molar-refractivity contribution is 5.91. The van der Waals surface area contributed by atoms with Gasteiger partial charge in [-0.1, -0.05) is 48.5 Å². The molecule has 0 aromatic carbocycles. The third-order valence-electron chi connectivity index (χ3n) is 38.4. The third-order valence-corrected chi connectivity index (χ3v) is 38.4. The number of hydrogen-bond acceptors (Lipinski definition) is 32. The van der Waals surface area contributed by atoms with Gasteiger partial charge in [0.2, 0.25) is 0 Å². The fraction of sp³-hybridized carbons (Fsp3) is 0.848. The Kier molecular flexibility index (Phi) is 27.1. The van der Waals surface area contributed by atoms with Crippen molar-refractivity contribution in [3.8, 4) is 0 Å². The molecule has 17 aliphatic carbocycles. The summed E-state index contributed by atoms with van der Waals surface area (Å²) in [7, 11) is 0. The third kappa shape index (κ3) is 17.6. The smallest absolute Gasteiger partial charge is 0.344 e. The van der Waals surface area contributed by atoms with E-state index in [9.17, 15) is 76.7 Å². The average Bonchev–Trinajstić information content (AvgIpc) is 1.51. The van der Waals surface area contributed by atoms with Crippen LogP contribution in [0, 0.1) is 176 Å². The topological polar surface area (TPSA) is 421 Å². The van der Waals surface area contributed by atoms with Gasteiger partial charge in [-0.05, 0) is 290 Å². The van der Waals surface area contributed by atoms with E-state index in [0.29, 0.717) is 81.0 Å². The second kappa shape index (κ2) is 37.1. The lowest BCUT2D eigenvalue weighted by Crippen LogP contribution is -2.60. The van der Waals surface area contributed by atoms with E-state index < -0.39 is 232 Å². The minimum atomic E-state index is -0.731. The van der Waals surface area contributed by atoms with Crippen molar-refractivity contribution in [3.05, 3.63) is 0 Å². The number of esters is 16. The molecule has 0 aromatic rings. The molecule has 137 heavy (non-hydrogen) atoms. The van der Waals surface area contributed by atoms with Crippen molar-refractivity contribution >= 4 is 95.5 Å². The fourth-order valence-corrected chi connectivity index (χ4v) is 30.3. The Morgan fingerprint density at radius 2 is 0.664 bits per heavy atom.